The highest BCUT2D eigenvalue weighted by Crippen LogP contribution is 2.33. The number of anilines is 2. The zero-order chi connectivity index (χ0) is 20.5. The van der Waals surface area contributed by atoms with Gasteiger partial charge in [-0.3, -0.25) is 4.99 Å². The lowest BCUT2D eigenvalue weighted by Crippen LogP contribution is -2.31. The smallest absolute Gasteiger partial charge is 0.129 e. The van der Waals surface area contributed by atoms with Crippen LogP contribution in [0, 0.1) is 0 Å². The molecule has 1 aromatic carbocycles. The number of phenols is 1. The number of hydrogen-bond acceptors (Lipinski definition) is 7. The molecule has 150 valence electrons. The Hall–Kier alpha value is -3.19. The molecule has 0 spiro atoms. The zero-order valence-corrected chi connectivity index (χ0v) is 17.0. The van der Waals surface area contributed by atoms with Crippen LogP contribution in [-0.2, 0) is 0 Å². The highest BCUT2D eigenvalue weighted by atomic mass is 16.3. The van der Waals surface area contributed by atoms with Gasteiger partial charge >= 0.3 is 0 Å². The minimum absolute atomic E-state index is 0.0963. The molecular formula is C22H26N6O. The summed E-state index contributed by atoms with van der Waals surface area (Å²) in [7, 11) is 5.93. The van der Waals surface area contributed by atoms with Crippen LogP contribution in [0.1, 0.15) is 12.0 Å². The summed E-state index contributed by atoms with van der Waals surface area (Å²) in [6.07, 6.45) is 2.81. The van der Waals surface area contributed by atoms with Crippen LogP contribution in [0.25, 0.3) is 22.3 Å². The maximum atomic E-state index is 10.4. The first-order chi connectivity index (χ1) is 14.0. The molecule has 1 fully saturated rings. The number of rotatable bonds is 4. The molecular weight excluding hydrogens is 364 g/mol. The fourth-order valence-corrected chi connectivity index (χ4v) is 3.77. The molecule has 29 heavy (non-hydrogen) atoms. The van der Waals surface area contributed by atoms with E-state index < -0.39 is 0 Å². The van der Waals surface area contributed by atoms with E-state index in [-0.39, 0.29) is 5.75 Å². The molecule has 1 atom stereocenters. The van der Waals surface area contributed by atoms with E-state index in [9.17, 15) is 5.11 Å². The van der Waals surface area contributed by atoms with Gasteiger partial charge in [0.2, 0.25) is 0 Å². The Morgan fingerprint density at radius 1 is 1.17 bits per heavy atom. The van der Waals surface area contributed by atoms with E-state index in [4.69, 9.17) is 15.7 Å². The number of nitrogens with zero attached hydrogens (tertiary/aromatic N) is 5. The van der Waals surface area contributed by atoms with Crippen molar-refractivity contribution in [3.8, 4) is 17.0 Å². The molecule has 4 rings (SSSR count). The summed E-state index contributed by atoms with van der Waals surface area (Å²) in [6, 6.07) is 11.7. The normalized spacial score (nSPS) is 17.1. The average molecular weight is 390 g/mol. The van der Waals surface area contributed by atoms with Crippen molar-refractivity contribution in [1.82, 2.24) is 14.9 Å². The maximum Gasteiger partial charge on any atom is 0.129 e. The van der Waals surface area contributed by atoms with Crippen LogP contribution in [-0.4, -0.2) is 66.5 Å². The van der Waals surface area contributed by atoms with Crippen molar-refractivity contribution >= 4 is 28.8 Å². The largest absolute Gasteiger partial charge is 0.507 e. The second-order valence-corrected chi connectivity index (χ2v) is 7.64. The third-order valence-electron chi connectivity index (χ3n) is 5.49. The van der Waals surface area contributed by atoms with Gasteiger partial charge < -0.3 is 20.6 Å². The van der Waals surface area contributed by atoms with E-state index in [2.05, 4.69) is 28.9 Å². The molecule has 0 aliphatic carbocycles. The molecule has 3 N–H and O–H groups in total. The van der Waals surface area contributed by atoms with Crippen LogP contribution < -0.4 is 10.6 Å². The summed E-state index contributed by atoms with van der Waals surface area (Å²) in [6.45, 7) is 1.99. The van der Waals surface area contributed by atoms with E-state index in [1.165, 1.54) is 6.07 Å². The van der Waals surface area contributed by atoms with Gasteiger partial charge in [0.25, 0.3) is 0 Å². The van der Waals surface area contributed by atoms with Crippen molar-refractivity contribution < 1.29 is 5.11 Å². The highest BCUT2D eigenvalue weighted by molar-refractivity contribution is 5.91. The van der Waals surface area contributed by atoms with Gasteiger partial charge in [-0.25, -0.2) is 9.97 Å². The molecule has 7 nitrogen and oxygen atoms in total. The number of aromatic hydroxyl groups is 1. The van der Waals surface area contributed by atoms with Gasteiger partial charge in [0, 0.05) is 55.3 Å². The lowest BCUT2D eigenvalue weighted by molar-refractivity contribution is 0.315. The quantitative estimate of drug-likeness (QED) is 0.526. The van der Waals surface area contributed by atoms with E-state index in [1.807, 2.05) is 24.3 Å². The molecule has 0 radical (unpaired) electrons. The van der Waals surface area contributed by atoms with Crippen LogP contribution in [0.3, 0.4) is 0 Å². The number of nitrogens with two attached hydrogens (primary N) is 1. The summed E-state index contributed by atoms with van der Waals surface area (Å²) < 4.78 is 0. The lowest BCUT2D eigenvalue weighted by Gasteiger charge is -2.21. The Morgan fingerprint density at radius 2 is 1.93 bits per heavy atom. The molecule has 0 amide bonds. The minimum atomic E-state index is 0.0963. The van der Waals surface area contributed by atoms with Crippen molar-refractivity contribution in [1.29, 1.82) is 0 Å². The maximum absolute atomic E-state index is 10.4. The second kappa shape index (κ2) is 7.67. The number of likely N-dealkylation sites (N-methyl/N-ethyl adjacent to an activating group) is 1. The number of pyridine rings is 2. The van der Waals surface area contributed by atoms with E-state index in [0.29, 0.717) is 23.0 Å². The summed E-state index contributed by atoms with van der Waals surface area (Å²) in [5.41, 5.74) is 10.1. The molecule has 1 aliphatic heterocycles. The molecule has 3 aromatic rings. The predicted molar refractivity (Wildman–Crippen MR) is 119 cm³/mol. The first kappa shape index (κ1) is 19.1. The number of benzene rings is 1. The molecule has 0 bridgehead atoms. The van der Waals surface area contributed by atoms with Gasteiger partial charge in [-0.15, -0.1) is 0 Å². The van der Waals surface area contributed by atoms with E-state index in [0.717, 1.165) is 41.9 Å². The third-order valence-corrected chi connectivity index (χ3v) is 5.49. The van der Waals surface area contributed by atoms with Gasteiger partial charge in [-0.1, -0.05) is 0 Å². The number of phenolic OH excluding ortho intramolecular Hbond substituents is 1. The standard InChI is InChI=1S/C22H26N6O/c1-24-12-14-10-16(21(29)11-17(14)23)18-4-5-20-19(25-18)6-7-22(26-20)28-9-8-15(13-28)27(2)3/h4-7,10-12,15,29H,8-9,13,23H2,1-3H3. The van der Waals surface area contributed by atoms with Gasteiger partial charge in [-0.2, -0.15) is 0 Å². The number of nitrogen functional groups attached to an aromatic ring is 1. The zero-order valence-electron chi connectivity index (χ0n) is 17.0. The Kier molecular flexibility index (Phi) is 5.07. The van der Waals surface area contributed by atoms with Gasteiger partial charge in [0.05, 0.1) is 16.7 Å². The Bertz CT molecular complexity index is 1080. The predicted octanol–water partition coefficient (Wildman–Crippen LogP) is 2.77. The van der Waals surface area contributed by atoms with Crippen molar-refractivity contribution in [2.24, 2.45) is 4.99 Å². The van der Waals surface area contributed by atoms with Crippen LogP contribution in [0.15, 0.2) is 41.4 Å². The summed E-state index contributed by atoms with van der Waals surface area (Å²) in [5, 5.41) is 10.4. The molecule has 3 heterocycles. The number of hydrogen-bond donors (Lipinski definition) is 2. The molecule has 1 unspecified atom stereocenters. The Labute approximate surface area is 170 Å². The molecule has 1 saturated heterocycles. The molecule has 2 aromatic heterocycles. The average Bonchev–Trinajstić information content (AvgIpc) is 3.20. The van der Waals surface area contributed by atoms with Crippen molar-refractivity contribution in [2.45, 2.75) is 12.5 Å². The van der Waals surface area contributed by atoms with E-state index >= 15 is 0 Å². The van der Waals surface area contributed by atoms with Crippen LogP contribution in [0.4, 0.5) is 11.5 Å². The molecule has 0 saturated carbocycles. The van der Waals surface area contributed by atoms with Gasteiger partial charge in [-0.05, 0) is 50.8 Å². The fourth-order valence-electron chi connectivity index (χ4n) is 3.77. The summed E-state index contributed by atoms with van der Waals surface area (Å²) >= 11 is 0. The van der Waals surface area contributed by atoms with Crippen LogP contribution in [0.2, 0.25) is 0 Å². The number of fused-ring (bicyclic) bond motifs is 1. The van der Waals surface area contributed by atoms with E-state index in [1.54, 1.807) is 19.3 Å². The lowest BCUT2D eigenvalue weighted by atomic mass is 10.0. The monoisotopic (exact) mass is 390 g/mol. The SMILES string of the molecule is CN=Cc1cc(-c2ccc3nc(N4CCC(N(C)C)C4)ccc3n2)c(O)cc1N. The van der Waals surface area contributed by atoms with Crippen molar-refractivity contribution in [3.05, 3.63) is 42.0 Å². The minimum Gasteiger partial charge on any atom is -0.507 e. The first-order valence-corrected chi connectivity index (χ1v) is 9.70. The Balaban J connectivity index is 1.67. The molecule has 7 heteroatoms. The number of aromatic nitrogens is 2. The highest BCUT2D eigenvalue weighted by Gasteiger charge is 2.25. The van der Waals surface area contributed by atoms with Crippen molar-refractivity contribution in [3.63, 3.8) is 0 Å². The fraction of sp³-hybridized carbons (Fsp3) is 0.318. The Morgan fingerprint density at radius 3 is 2.66 bits per heavy atom. The first-order valence-electron chi connectivity index (χ1n) is 9.70. The molecule has 1 aliphatic rings. The van der Waals surface area contributed by atoms with Gasteiger partial charge in [0.1, 0.15) is 11.6 Å². The third kappa shape index (κ3) is 3.73. The van der Waals surface area contributed by atoms with Crippen LogP contribution >= 0.6 is 0 Å². The second-order valence-electron chi connectivity index (χ2n) is 7.64. The van der Waals surface area contributed by atoms with Gasteiger partial charge in [0.15, 0.2) is 0 Å². The topological polar surface area (TPSA) is 90.9 Å². The van der Waals surface area contributed by atoms with Crippen LogP contribution in [0.5, 0.6) is 5.75 Å². The summed E-state index contributed by atoms with van der Waals surface area (Å²) in [4.78, 5) is 18.1. The number of aliphatic imine (C=N–C) groups is 1. The summed E-state index contributed by atoms with van der Waals surface area (Å²) in [5.74, 6) is 1.08. The van der Waals surface area contributed by atoms with Crippen molar-refractivity contribution in [2.75, 3.05) is 44.9 Å².